The van der Waals surface area contributed by atoms with E-state index in [1.165, 1.54) is 0 Å². The van der Waals surface area contributed by atoms with Crippen LogP contribution >= 0.6 is 0 Å². The fourth-order valence-electron chi connectivity index (χ4n) is 2.43. The Labute approximate surface area is 99.3 Å². The molecule has 0 saturated carbocycles. The third kappa shape index (κ3) is 1.63. The molecule has 5 heteroatoms. The highest BCUT2D eigenvalue weighted by Crippen LogP contribution is 2.33. The lowest BCUT2D eigenvalue weighted by atomic mass is 10.1. The molecule has 17 heavy (non-hydrogen) atoms. The topological polar surface area (TPSA) is 81.3 Å². The molecule has 0 spiro atoms. The number of rotatable bonds is 1. The lowest BCUT2D eigenvalue weighted by Crippen LogP contribution is -2.26. The Balaban J connectivity index is 2.15. The Morgan fingerprint density at radius 1 is 1.47 bits per heavy atom. The fraction of sp³-hybridized carbons (Fsp3) is 0.417. The fourth-order valence-corrected chi connectivity index (χ4v) is 2.43. The molecule has 0 aliphatic carbocycles. The van der Waals surface area contributed by atoms with Crippen molar-refractivity contribution in [1.29, 1.82) is 0 Å². The zero-order valence-electron chi connectivity index (χ0n) is 9.81. The first-order valence-electron chi connectivity index (χ1n) is 5.81. The molecule has 2 heterocycles. The third-order valence-electron chi connectivity index (χ3n) is 3.29. The van der Waals surface area contributed by atoms with Crippen LogP contribution in [-0.4, -0.2) is 24.3 Å². The van der Waals surface area contributed by atoms with Gasteiger partial charge >= 0.3 is 0 Å². The highest BCUT2D eigenvalue weighted by Gasteiger charge is 2.23. The second-order valence-corrected chi connectivity index (χ2v) is 4.72. The molecule has 0 amide bonds. The molecule has 1 aromatic heterocycles. The van der Waals surface area contributed by atoms with Gasteiger partial charge in [-0.15, -0.1) is 0 Å². The van der Waals surface area contributed by atoms with Gasteiger partial charge in [0.2, 0.25) is 0 Å². The minimum atomic E-state index is 0.242. The lowest BCUT2D eigenvalue weighted by Gasteiger charge is -2.18. The number of anilines is 2. The zero-order chi connectivity index (χ0) is 12.0. The molecular formula is C12H16N4O. The number of nitrogen functional groups attached to an aromatic ring is 1. The number of aryl methyl sites for hydroxylation is 1. The monoisotopic (exact) mass is 232 g/mol. The summed E-state index contributed by atoms with van der Waals surface area (Å²) in [4.78, 5) is 2.24. The molecule has 1 aliphatic rings. The first-order valence-corrected chi connectivity index (χ1v) is 5.81. The molecule has 1 atom stereocenters. The normalized spacial score (nSPS) is 20.4. The molecule has 5 nitrogen and oxygen atoms in total. The minimum Gasteiger partial charge on any atom is -0.380 e. The number of nitrogens with two attached hydrogens (primary N) is 2. The van der Waals surface area contributed by atoms with Crippen LogP contribution in [0.1, 0.15) is 12.0 Å². The number of nitrogens with zero attached hydrogens (tertiary/aromatic N) is 2. The molecule has 1 aliphatic heterocycles. The number of benzene rings is 1. The summed E-state index contributed by atoms with van der Waals surface area (Å²) in [7, 11) is 0. The van der Waals surface area contributed by atoms with Crippen LogP contribution in [0.5, 0.6) is 0 Å². The van der Waals surface area contributed by atoms with Gasteiger partial charge < -0.3 is 20.9 Å². The van der Waals surface area contributed by atoms with E-state index in [1.54, 1.807) is 0 Å². The van der Waals surface area contributed by atoms with E-state index in [2.05, 4.69) is 16.1 Å². The number of hydrogen-bond acceptors (Lipinski definition) is 5. The van der Waals surface area contributed by atoms with E-state index in [0.29, 0.717) is 5.82 Å². The molecule has 0 bridgehead atoms. The van der Waals surface area contributed by atoms with Crippen molar-refractivity contribution in [2.24, 2.45) is 5.73 Å². The highest BCUT2D eigenvalue weighted by atomic mass is 16.5. The summed E-state index contributed by atoms with van der Waals surface area (Å²) in [6, 6.07) is 4.34. The van der Waals surface area contributed by atoms with Gasteiger partial charge in [-0.05, 0) is 31.0 Å². The van der Waals surface area contributed by atoms with Crippen molar-refractivity contribution in [3.05, 3.63) is 17.7 Å². The number of hydrogen-bond donors (Lipinski definition) is 2. The van der Waals surface area contributed by atoms with Crippen LogP contribution in [0.3, 0.4) is 0 Å². The van der Waals surface area contributed by atoms with E-state index in [9.17, 15) is 0 Å². The van der Waals surface area contributed by atoms with Gasteiger partial charge in [0, 0.05) is 19.1 Å². The summed E-state index contributed by atoms with van der Waals surface area (Å²) >= 11 is 0. The van der Waals surface area contributed by atoms with Crippen molar-refractivity contribution in [3.63, 3.8) is 0 Å². The van der Waals surface area contributed by atoms with Crippen LogP contribution in [0.4, 0.5) is 11.5 Å². The maximum atomic E-state index is 5.94. The van der Waals surface area contributed by atoms with Crippen molar-refractivity contribution in [1.82, 2.24) is 5.16 Å². The maximum absolute atomic E-state index is 5.94. The van der Waals surface area contributed by atoms with Crippen molar-refractivity contribution < 1.29 is 4.52 Å². The summed E-state index contributed by atoms with van der Waals surface area (Å²) in [6.07, 6.45) is 1.01. The SMILES string of the molecule is Cc1cc(N2CC[C@@H](N)C2)c2onc(N)c2c1. The van der Waals surface area contributed by atoms with Crippen LogP contribution in [-0.2, 0) is 0 Å². The van der Waals surface area contributed by atoms with Gasteiger partial charge in [0.25, 0.3) is 0 Å². The summed E-state index contributed by atoms with van der Waals surface area (Å²) < 4.78 is 5.32. The van der Waals surface area contributed by atoms with E-state index in [4.69, 9.17) is 16.0 Å². The Morgan fingerprint density at radius 3 is 3.00 bits per heavy atom. The van der Waals surface area contributed by atoms with Gasteiger partial charge in [0.15, 0.2) is 11.4 Å². The van der Waals surface area contributed by atoms with Crippen LogP contribution < -0.4 is 16.4 Å². The Hall–Kier alpha value is -1.75. The van der Waals surface area contributed by atoms with E-state index >= 15 is 0 Å². The second kappa shape index (κ2) is 3.63. The standard InChI is InChI=1S/C12H16N4O/c1-7-4-9-11(17-15-12(9)14)10(5-7)16-3-2-8(13)6-16/h4-5,8H,2-3,6,13H2,1H3,(H2,14,15)/t8-/m1/s1. The van der Waals surface area contributed by atoms with Crippen molar-refractivity contribution in [2.45, 2.75) is 19.4 Å². The van der Waals surface area contributed by atoms with Crippen LogP contribution in [0.2, 0.25) is 0 Å². The Bertz CT molecular complexity index is 563. The Morgan fingerprint density at radius 2 is 2.29 bits per heavy atom. The van der Waals surface area contributed by atoms with Gasteiger partial charge in [-0.2, -0.15) is 0 Å². The molecule has 0 unspecified atom stereocenters. The molecule has 1 saturated heterocycles. The van der Waals surface area contributed by atoms with Crippen molar-refractivity contribution in [2.75, 3.05) is 23.7 Å². The quantitative estimate of drug-likeness (QED) is 0.773. The molecule has 1 aromatic carbocycles. The summed E-state index contributed by atoms with van der Waals surface area (Å²) in [5.41, 5.74) is 14.7. The maximum Gasteiger partial charge on any atom is 0.192 e. The number of fused-ring (bicyclic) bond motifs is 1. The van der Waals surface area contributed by atoms with E-state index < -0.39 is 0 Å². The smallest absolute Gasteiger partial charge is 0.192 e. The summed E-state index contributed by atoms with van der Waals surface area (Å²) in [6.45, 7) is 3.87. The number of aromatic nitrogens is 1. The minimum absolute atomic E-state index is 0.242. The van der Waals surface area contributed by atoms with E-state index in [0.717, 1.165) is 41.7 Å². The predicted molar refractivity (Wildman–Crippen MR) is 68.0 cm³/mol. The van der Waals surface area contributed by atoms with Crippen molar-refractivity contribution >= 4 is 22.5 Å². The van der Waals surface area contributed by atoms with Gasteiger partial charge in [0.05, 0.1) is 11.1 Å². The second-order valence-electron chi connectivity index (χ2n) is 4.72. The molecule has 0 radical (unpaired) electrons. The van der Waals surface area contributed by atoms with Crippen LogP contribution in [0.15, 0.2) is 16.7 Å². The highest BCUT2D eigenvalue weighted by molar-refractivity contribution is 5.96. The van der Waals surface area contributed by atoms with Gasteiger partial charge in [-0.25, -0.2) is 0 Å². The summed E-state index contributed by atoms with van der Waals surface area (Å²) in [5.74, 6) is 0.452. The predicted octanol–water partition coefficient (Wildman–Crippen LogP) is 1.26. The largest absolute Gasteiger partial charge is 0.380 e. The van der Waals surface area contributed by atoms with E-state index in [-0.39, 0.29) is 6.04 Å². The van der Waals surface area contributed by atoms with Crippen LogP contribution in [0.25, 0.3) is 11.0 Å². The van der Waals surface area contributed by atoms with Crippen LogP contribution in [0, 0.1) is 6.92 Å². The van der Waals surface area contributed by atoms with Crippen molar-refractivity contribution in [3.8, 4) is 0 Å². The lowest BCUT2D eigenvalue weighted by molar-refractivity contribution is 0.460. The van der Waals surface area contributed by atoms with Gasteiger partial charge in [-0.1, -0.05) is 5.16 Å². The third-order valence-corrected chi connectivity index (χ3v) is 3.29. The molecule has 4 N–H and O–H groups in total. The molecular weight excluding hydrogens is 216 g/mol. The van der Waals surface area contributed by atoms with Gasteiger partial charge in [-0.3, -0.25) is 0 Å². The van der Waals surface area contributed by atoms with Gasteiger partial charge in [0.1, 0.15) is 0 Å². The summed E-state index contributed by atoms with van der Waals surface area (Å²) in [5, 5.41) is 4.72. The molecule has 2 aromatic rings. The average molecular weight is 232 g/mol. The molecule has 90 valence electrons. The molecule has 3 rings (SSSR count). The first kappa shape index (κ1) is 10.4. The average Bonchev–Trinajstić information content (AvgIpc) is 2.86. The Kier molecular flexibility index (Phi) is 2.22. The zero-order valence-corrected chi connectivity index (χ0v) is 9.81. The first-order chi connectivity index (χ1) is 8.15. The van der Waals surface area contributed by atoms with E-state index in [1.807, 2.05) is 13.0 Å². The molecule has 1 fully saturated rings.